The number of hydrogen-bond donors (Lipinski definition) is 1. The van der Waals surface area contributed by atoms with Crippen LogP contribution in [0.1, 0.15) is 35.7 Å². The Balaban J connectivity index is 2.10. The number of ketones is 1. The van der Waals surface area contributed by atoms with Gasteiger partial charge in [-0.2, -0.15) is 5.06 Å². The Morgan fingerprint density at radius 2 is 1.71 bits per heavy atom. The molecule has 1 aliphatic rings. The van der Waals surface area contributed by atoms with Gasteiger partial charge in [0, 0.05) is 13.0 Å². The average molecular weight is 449 g/mol. The summed E-state index contributed by atoms with van der Waals surface area (Å²) in [6.45, 7) is 3.81. The second-order valence-corrected chi connectivity index (χ2v) is 9.17. The lowest BCUT2D eigenvalue weighted by Crippen LogP contribution is -2.31. The van der Waals surface area contributed by atoms with E-state index in [1.807, 2.05) is 0 Å². The minimum atomic E-state index is -3.69. The Labute approximate surface area is 182 Å². The van der Waals surface area contributed by atoms with Crippen molar-refractivity contribution in [2.75, 3.05) is 27.4 Å². The molecule has 8 nitrogen and oxygen atoms in total. The van der Waals surface area contributed by atoms with E-state index in [9.17, 15) is 14.5 Å². The number of rotatable bonds is 9. The minimum absolute atomic E-state index is 0.128. The molecule has 31 heavy (non-hydrogen) atoms. The van der Waals surface area contributed by atoms with Crippen molar-refractivity contribution in [2.45, 2.75) is 31.7 Å². The van der Waals surface area contributed by atoms with Gasteiger partial charge in [-0.25, -0.2) is 0 Å². The number of carbonyl (C=O) groups is 1. The smallest absolute Gasteiger partial charge is 0.350 e. The van der Waals surface area contributed by atoms with Gasteiger partial charge >= 0.3 is 7.60 Å². The third-order valence-electron chi connectivity index (χ3n) is 5.17. The zero-order valence-electron chi connectivity index (χ0n) is 18.1. The number of para-hydroxylation sites is 1. The van der Waals surface area contributed by atoms with Crippen molar-refractivity contribution in [3.05, 3.63) is 59.7 Å². The van der Waals surface area contributed by atoms with E-state index < -0.39 is 31.2 Å². The lowest BCUT2D eigenvalue weighted by Gasteiger charge is -2.30. The molecule has 0 amide bonds. The fourth-order valence-electron chi connectivity index (χ4n) is 3.85. The maximum absolute atomic E-state index is 13.8. The lowest BCUT2D eigenvalue weighted by molar-refractivity contribution is -0.122. The molecule has 0 spiro atoms. The maximum Gasteiger partial charge on any atom is 0.350 e. The molecule has 1 fully saturated rings. The van der Waals surface area contributed by atoms with E-state index in [2.05, 4.69) is 0 Å². The molecule has 0 aliphatic carbocycles. The number of carbonyl (C=O) groups excluding carboxylic acids is 1. The molecular formula is C22H28NO7P. The summed E-state index contributed by atoms with van der Waals surface area (Å²) in [5, 5.41) is 11.6. The quantitative estimate of drug-likeness (QED) is 0.450. The molecule has 2 aromatic rings. The number of phenols is 1. The summed E-state index contributed by atoms with van der Waals surface area (Å²) in [6, 6.07) is 13.4. The van der Waals surface area contributed by atoms with Crippen LogP contribution in [0.5, 0.6) is 11.5 Å². The van der Waals surface area contributed by atoms with Gasteiger partial charge < -0.3 is 18.9 Å². The third-order valence-corrected chi connectivity index (χ3v) is 7.70. The van der Waals surface area contributed by atoms with Crippen LogP contribution < -0.4 is 4.74 Å². The standard InChI is InChI=1S/C22H28NO7P/c1-5-28-31(26,29-6-2)22-19(15-11-13-16(27-4)14-12-15)21(30-23(22)3)20(25)17-9-7-8-10-18(17)24/h7-14,19,21-22,24H,5-6H2,1-4H3/t19-,21+,22-/m1/s1. The van der Waals surface area contributed by atoms with Crippen LogP contribution in [0.4, 0.5) is 0 Å². The molecule has 0 saturated carbocycles. The number of aromatic hydroxyl groups is 1. The van der Waals surface area contributed by atoms with Gasteiger partial charge in [0.15, 0.2) is 11.9 Å². The highest BCUT2D eigenvalue weighted by atomic mass is 31.2. The van der Waals surface area contributed by atoms with Gasteiger partial charge in [-0.15, -0.1) is 0 Å². The SMILES string of the molecule is CCOP(=O)(OCC)[C@@H]1[C@H](c2ccc(OC)cc2)[C@@H](C(=O)c2ccccc2O)ON1C. The lowest BCUT2D eigenvalue weighted by atomic mass is 9.89. The molecule has 0 bridgehead atoms. The fourth-order valence-corrected chi connectivity index (χ4v) is 6.13. The molecule has 3 atom stereocenters. The Morgan fingerprint density at radius 3 is 2.26 bits per heavy atom. The van der Waals surface area contributed by atoms with Crippen molar-refractivity contribution in [3.63, 3.8) is 0 Å². The normalized spacial score (nSPS) is 21.9. The summed E-state index contributed by atoms with van der Waals surface area (Å²) in [4.78, 5) is 19.3. The summed E-state index contributed by atoms with van der Waals surface area (Å²) < 4.78 is 30.2. The first-order valence-electron chi connectivity index (χ1n) is 10.1. The van der Waals surface area contributed by atoms with Crippen molar-refractivity contribution in [1.82, 2.24) is 5.06 Å². The number of hydroxylamine groups is 2. The number of likely N-dealkylation sites (N-methyl/N-ethyl adjacent to an activating group) is 1. The van der Waals surface area contributed by atoms with Crippen molar-refractivity contribution in [3.8, 4) is 11.5 Å². The average Bonchev–Trinajstić information content (AvgIpc) is 3.12. The highest BCUT2D eigenvalue weighted by Crippen LogP contribution is 2.61. The predicted octanol–water partition coefficient (Wildman–Crippen LogP) is 4.21. The highest BCUT2D eigenvalue weighted by Gasteiger charge is 2.56. The van der Waals surface area contributed by atoms with E-state index in [1.54, 1.807) is 64.4 Å². The van der Waals surface area contributed by atoms with Crippen molar-refractivity contribution in [2.24, 2.45) is 0 Å². The molecule has 2 aromatic carbocycles. The van der Waals surface area contributed by atoms with E-state index in [0.717, 1.165) is 0 Å². The van der Waals surface area contributed by atoms with Gasteiger partial charge in [0.1, 0.15) is 17.3 Å². The Hall–Kier alpha value is -2.22. The number of ether oxygens (including phenoxy) is 1. The molecule has 3 rings (SSSR count). The predicted molar refractivity (Wildman–Crippen MR) is 115 cm³/mol. The molecule has 1 heterocycles. The Morgan fingerprint density at radius 1 is 1.10 bits per heavy atom. The van der Waals surface area contributed by atoms with Gasteiger partial charge in [0.2, 0.25) is 0 Å². The van der Waals surface area contributed by atoms with Crippen LogP contribution >= 0.6 is 7.60 Å². The molecule has 1 N–H and O–H groups in total. The van der Waals surface area contributed by atoms with E-state index in [-0.39, 0.29) is 24.5 Å². The van der Waals surface area contributed by atoms with Gasteiger partial charge in [0.05, 0.1) is 25.9 Å². The topological polar surface area (TPSA) is 94.5 Å². The number of methoxy groups -OCH3 is 1. The third kappa shape index (κ3) is 4.68. The van der Waals surface area contributed by atoms with Crippen molar-refractivity contribution < 1.29 is 33.1 Å². The number of benzene rings is 2. The summed E-state index contributed by atoms with van der Waals surface area (Å²) in [5.41, 5.74) is 0.839. The van der Waals surface area contributed by atoms with E-state index in [0.29, 0.717) is 11.3 Å². The van der Waals surface area contributed by atoms with Crippen LogP contribution in [0.25, 0.3) is 0 Å². The molecule has 1 aliphatic heterocycles. The van der Waals surface area contributed by atoms with Crippen molar-refractivity contribution >= 4 is 13.4 Å². The van der Waals surface area contributed by atoms with Crippen LogP contribution in [0.15, 0.2) is 48.5 Å². The minimum Gasteiger partial charge on any atom is -0.507 e. The van der Waals surface area contributed by atoms with Gasteiger partial charge in [-0.05, 0) is 43.7 Å². The molecule has 1 saturated heterocycles. The van der Waals surface area contributed by atoms with Gasteiger partial charge in [-0.3, -0.25) is 14.2 Å². The zero-order valence-corrected chi connectivity index (χ0v) is 19.0. The molecule has 0 radical (unpaired) electrons. The van der Waals surface area contributed by atoms with E-state index in [1.165, 1.54) is 17.2 Å². The first-order valence-corrected chi connectivity index (χ1v) is 11.7. The van der Waals surface area contributed by atoms with E-state index >= 15 is 0 Å². The zero-order chi connectivity index (χ0) is 22.6. The van der Waals surface area contributed by atoms with Crippen LogP contribution in [0, 0.1) is 0 Å². The van der Waals surface area contributed by atoms with Gasteiger partial charge in [0.25, 0.3) is 0 Å². The largest absolute Gasteiger partial charge is 0.507 e. The van der Waals surface area contributed by atoms with Crippen LogP contribution in [0.3, 0.4) is 0 Å². The molecule has 168 valence electrons. The summed E-state index contributed by atoms with van der Waals surface area (Å²) in [6.07, 6.45) is -1.04. The first kappa shape index (κ1) is 23.4. The summed E-state index contributed by atoms with van der Waals surface area (Å²) >= 11 is 0. The number of phenolic OH excluding ortho intramolecular Hbond substituents is 1. The Kier molecular flexibility index (Phi) is 7.51. The fraction of sp³-hybridized carbons (Fsp3) is 0.409. The second-order valence-electron chi connectivity index (χ2n) is 7.04. The monoisotopic (exact) mass is 449 g/mol. The first-order chi connectivity index (χ1) is 14.9. The number of Topliss-reactive ketones (excluding diaryl/α,β-unsaturated/α-hetero) is 1. The van der Waals surface area contributed by atoms with Crippen LogP contribution in [0.2, 0.25) is 0 Å². The highest BCUT2D eigenvalue weighted by molar-refractivity contribution is 7.54. The molecule has 0 aromatic heterocycles. The van der Waals surface area contributed by atoms with Crippen LogP contribution in [-0.4, -0.2) is 55.2 Å². The number of nitrogens with zero attached hydrogens (tertiary/aromatic N) is 1. The Bertz CT molecular complexity index is 939. The number of hydrogen-bond acceptors (Lipinski definition) is 8. The van der Waals surface area contributed by atoms with Crippen LogP contribution in [-0.2, 0) is 18.5 Å². The van der Waals surface area contributed by atoms with Gasteiger partial charge in [-0.1, -0.05) is 24.3 Å². The second kappa shape index (κ2) is 9.94. The molecule has 9 heteroatoms. The summed E-state index contributed by atoms with van der Waals surface area (Å²) in [5.74, 6) is -1.46. The molecule has 0 unspecified atom stereocenters. The maximum atomic E-state index is 13.8. The van der Waals surface area contributed by atoms with Crippen molar-refractivity contribution in [1.29, 1.82) is 0 Å². The summed E-state index contributed by atoms with van der Waals surface area (Å²) in [7, 11) is -0.525. The van der Waals surface area contributed by atoms with E-state index in [4.69, 9.17) is 18.6 Å². The molecular weight excluding hydrogens is 421 g/mol.